The monoisotopic (exact) mass is 368 g/mol. The number of piperidine rings is 1. The largest absolute Gasteiger partial charge is 0.392 e. The average Bonchev–Trinajstić information content (AvgIpc) is 2.70. The van der Waals surface area contributed by atoms with Crippen LogP contribution >= 0.6 is 0 Å². The molecule has 2 rings (SSSR count). The van der Waals surface area contributed by atoms with Gasteiger partial charge < -0.3 is 10.2 Å². The van der Waals surface area contributed by atoms with Gasteiger partial charge in [-0.25, -0.2) is 0 Å². The number of rotatable bonds is 12. The number of allylic oxidation sites excluding steroid dienone is 2. The van der Waals surface area contributed by atoms with Crippen LogP contribution in [0, 0.1) is 12.8 Å². The minimum atomic E-state index is 0.735. The molecule has 1 fully saturated rings. The van der Waals surface area contributed by atoms with Gasteiger partial charge in [0.2, 0.25) is 0 Å². The highest BCUT2D eigenvalue weighted by molar-refractivity contribution is 5.47. The Morgan fingerprint density at radius 2 is 1.48 bits per heavy atom. The Morgan fingerprint density at radius 3 is 2.07 bits per heavy atom. The van der Waals surface area contributed by atoms with Gasteiger partial charge in [0.1, 0.15) is 0 Å². The number of aryl methyl sites for hydroxylation is 1. The number of unbranched alkanes of at least 4 members (excludes halogenated alkanes) is 5. The Balaban J connectivity index is 1.53. The molecule has 0 aromatic heterocycles. The fourth-order valence-corrected chi connectivity index (χ4v) is 4.03. The first-order valence-electron chi connectivity index (χ1n) is 10.9. The SMILES string of the molecule is C=C(CCCCCCCCC(=C)C1CCN(c2ccc(C)cc2)CC1)NC. The van der Waals surface area contributed by atoms with E-state index in [1.165, 1.54) is 93.4 Å². The third-order valence-electron chi connectivity index (χ3n) is 6.05. The Hall–Kier alpha value is -1.70. The molecule has 0 spiro atoms. The van der Waals surface area contributed by atoms with Crippen LogP contribution in [0.5, 0.6) is 0 Å². The van der Waals surface area contributed by atoms with E-state index in [1.807, 2.05) is 7.05 Å². The first-order valence-corrected chi connectivity index (χ1v) is 10.9. The summed E-state index contributed by atoms with van der Waals surface area (Å²) in [6, 6.07) is 8.97. The van der Waals surface area contributed by atoms with Gasteiger partial charge in [0.15, 0.2) is 0 Å². The highest BCUT2D eigenvalue weighted by Crippen LogP contribution is 2.29. The molecule has 1 heterocycles. The number of benzene rings is 1. The van der Waals surface area contributed by atoms with Crippen LogP contribution in [-0.4, -0.2) is 20.1 Å². The molecule has 1 aliphatic rings. The van der Waals surface area contributed by atoms with Crippen molar-refractivity contribution in [3.63, 3.8) is 0 Å². The number of hydrogen-bond acceptors (Lipinski definition) is 2. The lowest BCUT2D eigenvalue weighted by Crippen LogP contribution is -2.34. The highest BCUT2D eigenvalue weighted by Gasteiger charge is 2.21. The predicted octanol–water partition coefficient (Wildman–Crippen LogP) is 6.62. The van der Waals surface area contributed by atoms with E-state index in [-0.39, 0.29) is 0 Å². The van der Waals surface area contributed by atoms with E-state index in [2.05, 4.69) is 54.6 Å². The van der Waals surface area contributed by atoms with E-state index in [0.717, 1.165) is 12.3 Å². The van der Waals surface area contributed by atoms with Gasteiger partial charge in [-0.15, -0.1) is 0 Å². The molecule has 150 valence electrons. The van der Waals surface area contributed by atoms with Gasteiger partial charge in [-0.05, 0) is 63.5 Å². The zero-order valence-electron chi connectivity index (χ0n) is 17.7. The molecule has 0 radical (unpaired) electrons. The normalized spacial score (nSPS) is 15.0. The number of hydrogen-bond donors (Lipinski definition) is 1. The maximum atomic E-state index is 4.43. The Bertz CT molecular complexity index is 564. The van der Waals surface area contributed by atoms with E-state index in [1.54, 1.807) is 0 Å². The van der Waals surface area contributed by atoms with Crippen LogP contribution in [0.2, 0.25) is 0 Å². The van der Waals surface area contributed by atoms with Crippen molar-refractivity contribution in [3.05, 3.63) is 54.3 Å². The van der Waals surface area contributed by atoms with Crippen LogP contribution in [0.15, 0.2) is 48.7 Å². The van der Waals surface area contributed by atoms with Gasteiger partial charge in [-0.1, -0.05) is 62.1 Å². The maximum absolute atomic E-state index is 4.43. The van der Waals surface area contributed by atoms with Crippen LogP contribution in [-0.2, 0) is 0 Å². The third kappa shape index (κ3) is 7.82. The molecule has 1 aliphatic heterocycles. The van der Waals surface area contributed by atoms with Gasteiger partial charge in [-0.3, -0.25) is 0 Å². The van der Waals surface area contributed by atoms with Crippen LogP contribution in [0.25, 0.3) is 0 Å². The van der Waals surface area contributed by atoms with Gasteiger partial charge in [0, 0.05) is 31.5 Å². The molecule has 2 nitrogen and oxygen atoms in total. The second-order valence-electron chi connectivity index (χ2n) is 8.23. The lowest BCUT2D eigenvalue weighted by atomic mass is 9.87. The molecule has 0 saturated carbocycles. The molecule has 0 aliphatic carbocycles. The summed E-state index contributed by atoms with van der Waals surface area (Å²) in [7, 11) is 1.96. The van der Waals surface area contributed by atoms with E-state index < -0.39 is 0 Å². The quantitative estimate of drug-likeness (QED) is 0.329. The summed E-state index contributed by atoms with van der Waals surface area (Å²) in [5.41, 5.74) is 5.39. The number of nitrogens with zero attached hydrogens (tertiary/aromatic N) is 1. The average molecular weight is 369 g/mol. The number of anilines is 1. The van der Waals surface area contributed by atoms with Crippen LogP contribution in [0.4, 0.5) is 5.69 Å². The van der Waals surface area contributed by atoms with Crippen molar-refractivity contribution in [2.45, 2.75) is 71.1 Å². The zero-order valence-corrected chi connectivity index (χ0v) is 17.7. The molecule has 1 aromatic rings. The van der Waals surface area contributed by atoms with Crippen molar-refractivity contribution in [2.24, 2.45) is 5.92 Å². The first kappa shape index (κ1) is 21.6. The summed E-state index contributed by atoms with van der Waals surface area (Å²) in [6.45, 7) is 12.9. The minimum Gasteiger partial charge on any atom is -0.392 e. The van der Waals surface area contributed by atoms with Crippen LogP contribution < -0.4 is 10.2 Å². The van der Waals surface area contributed by atoms with E-state index in [4.69, 9.17) is 0 Å². The second kappa shape index (κ2) is 11.9. The van der Waals surface area contributed by atoms with Gasteiger partial charge in [0.25, 0.3) is 0 Å². The standard InChI is InChI=1S/C25H40N2/c1-21-13-15-25(16-14-21)27-19-17-24(18-20-27)22(2)11-9-7-5-6-8-10-12-23(3)26-4/h13-16,24,26H,2-3,5-12,17-20H2,1,4H3. The molecule has 0 atom stereocenters. The molecule has 0 bridgehead atoms. The molecule has 2 heteroatoms. The summed E-state index contributed by atoms with van der Waals surface area (Å²) in [5, 5.41) is 3.13. The fourth-order valence-electron chi connectivity index (χ4n) is 4.03. The van der Waals surface area contributed by atoms with Crippen LogP contribution in [0.1, 0.15) is 69.8 Å². The van der Waals surface area contributed by atoms with E-state index >= 15 is 0 Å². The van der Waals surface area contributed by atoms with Crippen molar-refractivity contribution in [3.8, 4) is 0 Å². The highest BCUT2D eigenvalue weighted by atomic mass is 15.1. The third-order valence-corrected chi connectivity index (χ3v) is 6.05. The zero-order chi connectivity index (χ0) is 19.5. The van der Waals surface area contributed by atoms with Gasteiger partial charge in [0.05, 0.1) is 0 Å². The summed E-state index contributed by atoms with van der Waals surface area (Å²) in [6.07, 6.45) is 12.9. The molecule has 27 heavy (non-hydrogen) atoms. The summed E-state index contributed by atoms with van der Waals surface area (Å²) >= 11 is 0. The predicted molar refractivity (Wildman–Crippen MR) is 120 cm³/mol. The molecule has 1 saturated heterocycles. The lowest BCUT2D eigenvalue weighted by Gasteiger charge is -2.34. The minimum absolute atomic E-state index is 0.735. The smallest absolute Gasteiger partial charge is 0.0366 e. The van der Waals surface area contributed by atoms with Crippen molar-refractivity contribution >= 4 is 5.69 Å². The molecule has 0 unspecified atom stereocenters. The first-order chi connectivity index (χ1) is 13.1. The summed E-state index contributed by atoms with van der Waals surface area (Å²) < 4.78 is 0. The number of nitrogens with one attached hydrogen (secondary N) is 1. The molecular formula is C25H40N2. The summed E-state index contributed by atoms with van der Waals surface area (Å²) in [5.74, 6) is 0.735. The Kier molecular flexibility index (Phi) is 9.52. The van der Waals surface area contributed by atoms with Crippen molar-refractivity contribution in [1.29, 1.82) is 0 Å². The molecular weight excluding hydrogens is 328 g/mol. The van der Waals surface area contributed by atoms with Gasteiger partial charge in [-0.2, -0.15) is 0 Å². The molecule has 0 amide bonds. The molecule has 1 N–H and O–H groups in total. The van der Waals surface area contributed by atoms with Crippen LogP contribution in [0.3, 0.4) is 0 Å². The van der Waals surface area contributed by atoms with Crippen molar-refractivity contribution in [1.82, 2.24) is 5.32 Å². The van der Waals surface area contributed by atoms with Crippen molar-refractivity contribution in [2.75, 3.05) is 25.0 Å². The topological polar surface area (TPSA) is 15.3 Å². The Morgan fingerprint density at radius 1 is 0.926 bits per heavy atom. The van der Waals surface area contributed by atoms with Crippen molar-refractivity contribution < 1.29 is 0 Å². The maximum Gasteiger partial charge on any atom is 0.0366 e. The summed E-state index contributed by atoms with van der Waals surface area (Å²) in [4.78, 5) is 2.53. The molecule has 1 aromatic carbocycles. The fraction of sp³-hybridized carbons (Fsp3) is 0.600. The Labute approximate surface area is 167 Å². The lowest BCUT2D eigenvalue weighted by molar-refractivity contribution is 0.443. The van der Waals surface area contributed by atoms with Gasteiger partial charge >= 0.3 is 0 Å². The second-order valence-corrected chi connectivity index (χ2v) is 8.23. The van der Waals surface area contributed by atoms with E-state index in [0.29, 0.717) is 0 Å². The van der Waals surface area contributed by atoms with E-state index in [9.17, 15) is 0 Å².